The first-order chi connectivity index (χ1) is 9.74. The van der Waals surface area contributed by atoms with Gasteiger partial charge in [0.1, 0.15) is 0 Å². The molecule has 0 aromatic heterocycles. The number of benzene rings is 3. The highest BCUT2D eigenvalue weighted by atomic mass is 14.5. The molecule has 0 unspecified atom stereocenters. The van der Waals surface area contributed by atoms with Crippen LogP contribution in [0, 0.1) is 6.92 Å². The average Bonchev–Trinajstić information content (AvgIpc) is 2.51. The van der Waals surface area contributed by atoms with Crippen molar-refractivity contribution in [1.82, 2.24) is 0 Å². The number of hydrogen-bond acceptors (Lipinski definition) is 1. The van der Waals surface area contributed by atoms with Crippen molar-refractivity contribution in [1.29, 1.82) is 0 Å². The lowest BCUT2D eigenvalue weighted by atomic mass is 9.96. The summed E-state index contributed by atoms with van der Waals surface area (Å²) in [6, 6.07) is 25.1. The highest BCUT2D eigenvalue weighted by molar-refractivity contribution is 5.76. The number of aryl methyl sites for hydroxylation is 1. The molecule has 2 N–H and O–H groups in total. The predicted molar refractivity (Wildman–Crippen MR) is 86.5 cm³/mol. The summed E-state index contributed by atoms with van der Waals surface area (Å²) in [6.07, 6.45) is 0. The largest absolute Gasteiger partial charge is 0.399 e. The molecule has 3 aromatic carbocycles. The maximum Gasteiger partial charge on any atom is 0.0320 e. The average molecular weight is 259 g/mol. The normalized spacial score (nSPS) is 10.4. The van der Waals surface area contributed by atoms with E-state index in [1.807, 2.05) is 18.2 Å². The molecule has 20 heavy (non-hydrogen) atoms. The molecule has 0 fully saturated rings. The van der Waals surface area contributed by atoms with Gasteiger partial charge in [-0.05, 0) is 52.9 Å². The van der Waals surface area contributed by atoms with Gasteiger partial charge in [-0.2, -0.15) is 0 Å². The molecule has 0 atom stereocenters. The minimum atomic E-state index is 0.802. The second-order valence-electron chi connectivity index (χ2n) is 5.02. The van der Waals surface area contributed by atoms with Crippen LogP contribution < -0.4 is 5.73 Å². The molecular weight excluding hydrogens is 242 g/mol. The van der Waals surface area contributed by atoms with Gasteiger partial charge in [-0.15, -0.1) is 0 Å². The van der Waals surface area contributed by atoms with Crippen LogP contribution in [-0.2, 0) is 0 Å². The van der Waals surface area contributed by atoms with Crippen LogP contribution in [0.25, 0.3) is 22.3 Å². The fourth-order valence-electron chi connectivity index (χ4n) is 2.45. The van der Waals surface area contributed by atoms with E-state index in [0.29, 0.717) is 0 Å². The van der Waals surface area contributed by atoms with Crippen LogP contribution in [0.15, 0.2) is 72.8 Å². The minimum Gasteiger partial charge on any atom is -0.399 e. The summed E-state index contributed by atoms with van der Waals surface area (Å²) in [6.45, 7) is 2.12. The molecule has 0 radical (unpaired) electrons. The van der Waals surface area contributed by atoms with Gasteiger partial charge in [-0.1, -0.05) is 54.6 Å². The van der Waals surface area contributed by atoms with Gasteiger partial charge in [0.25, 0.3) is 0 Å². The van der Waals surface area contributed by atoms with Gasteiger partial charge in [-0.3, -0.25) is 0 Å². The Morgan fingerprint density at radius 1 is 0.650 bits per heavy atom. The fraction of sp³-hybridized carbons (Fsp3) is 0.0526. The van der Waals surface area contributed by atoms with E-state index < -0.39 is 0 Å². The van der Waals surface area contributed by atoms with Gasteiger partial charge in [0.05, 0.1) is 0 Å². The topological polar surface area (TPSA) is 26.0 Å². The lowest BCUT2D eigenvalue weighted by Gasteiger charge is -2.09. The molecule has 0 aliphatic carbocycles. The third-order valence-electron chi connectivity index (χ3n) is 3.54. The first-order valence-corrected chi connectivity index (χ1v) is 6.76. The van der Waals surface area contributed by atoms with Gasteiger partial charge in [-0.25, -0.2) is 0 Å². The molecule has 0 saturated carbocycles. The smallest absolute Gasteiger partial charge is 0.0320 e. The number of rotatable bonds is 2. The van der Waals surface area contributed by atoms with E-state index in [9.17, 15) is 0 Å². The summed E-state index contributed by atoms with van der Waals surface area (Å²) in [5.74, 6) is 0. The van der Waals surface area contributed by atoms with Gasteiger partial charge in [0.15, 0.2) is 0 Å². The van der Waals surface area contributed by atoms with E-state index in [-0.39, 0.29) is 0 Å². The van der Waals surface area contributed by atoms with Crippen LogP contribution in [-0.4, -0.2) is 0 Å². The zero-order valence-corrected chi connectivity index (χ0v) is 11.5. The molecule has 0 bridgehead atoms. The molecule has 0 amide bonds. The zero-order chi connectivity index (χ0) is 13.9. The molecular formula is C19H17N. The Kier molecular flexibility index (Phi) is 3.26. The fourth-order valence-corrected chi connectivity index (χ4v) is 2.45. The van der Waals surface area contributed by atoms with Crippen LogP contribution in [0.5, 0.6) is 0 Å². The summed E-state index contributed by atoms with van der Waals surface area (Å²) in [7, 11) is 0. The van der Waals surface area contributed by atoms with Gasteiger partial charge < -0.3 is 5.73 Å². The minimum absolute atomic E-state index is 0.802. The highest BCUT2D eigenvalue weighted by Crippen LogP contribution is 2.29. The van der Waals surface area contributed by atoms with Crippen molar-refractivity contribution >= 4 is 5.69 Å². The van der Waals surface area contributed by atoms with E-state index in [0.717, 1.165) is 5.69 Å². The van der Waals surface area contributed by atoms with Crippen molar-refractivity contribution in [2.75, 3.05) is 5.73 Å². The maximum absolute atomic E-state index is 5.91. The molecule has 0 heterocycles. The van der Waals surface area contributed by atoms with Crippen molar-refractivity contribution in [2.24, 2.45) is 0 Å². The molecule has 1 nitrogen and oxygen atoms in total. The molecule has 0 aliphatic rings. The lowest BCUT2D eigenvalue weighted by Crippen LogP contribution is -1.89. The van der Waals surface area contributed by atoms with Crippen LogP contribution in [0.3, 0.4) is 0 Å². The molecule has 1 heteroatoms. The van der Waals surface area contributed by atoms with E-state index >= 15 is 0 Å². The third-order valence-corrected chi connectivity index (χ3v) is 3.54. The highest BCUT2D eigenvalue weighted by Gasteiger charge is 2.04. The maximum atomic E-state index is 5.91. The van der Waals surface area contributed by atoms with Crippen LogP contribution in [0.2, 0.25) is 0 Å². The first-order valence-electron chi connectivity index (χ1n) is 6.76. The molecule has 0 spiro atoms. The first kappa shape index (κ1) is 12.5. The number of hydrogen-bond donors (Lipinski definition) is 1. The Bertz CT molecular complexity index is 730. The summed E-state index contributed by atoms with van der Waals surface area (Å²) in [5.41, 5.74) is 12.8. The molecule has 3 aromatic rings. The third kappa shape index (κ3) is 2.43. The molecule has 0 saturated heterocycles. The van der Waals surface area contributed by atoms with Gasteiger partial charge in [0.2, 0.25) is 0 Å². The van der Waals surface area contributed by atoms with Gasteiger partial charge in [0, 0.05) is 5.69 Å². The Morgan fingerprint density at radius 3 is 2.15 bits per heavy atom. The second kappa shape index (κ2) is 5.22. The summed E-state index contributed by atoms with van der Waals surface area (Å²) in [5, 5.41) is 0. The Balaban J connectivity index is 2.10. The van der Waals surface area contributed by atoms with Crippen molar-refractivity contribution < 1.29 is 0 Å². The quantitative estimate of drug-likeness (QED) is 0.650. The number of nitrogen functional groups attached to an aromatic ring is 1. The van der Waals surface area contributed by atoms with Crippen LogP contribution >= 0.6 is 0 Å². The van der Waals surface area contributed by atoms with Crippen molar-refractivity contribution in [3.63, 3.8) is 0 Å². The molecule has 0 aliphatic heterocycles. The molecule has 98 valence electrons. The monoisotopic (exact) mass is 259 g/mol. The predicted octanol–water partition coefficient (Wildman–Crippen LogP) is 4.91. The van der Waals surface area contributed by atoms with Crippen molar-refractivity contribution in [3.05, 3.63) is 78.4 Å². The Labute approximate surface area is 119 Å². The van der Waals surface area contributed by atoms with Crippen LogP contribution in [0.1, 0.15) is 5.56 Å². The van der Waals surface area contributed by atoms with E-state index in [4.69, 9.17) is 5.73 Å². The SMILES string of the molecule is Cc1ccc(N)cc1-c1cccc(-c2ccccc2)c1. The van der Waals surface area contributed by atoms with Crippen LogP contribution in [0.4, 0.5) is 5.69 Å². The molecule has 3 rings (SSSR count). The van der Waals surface area contributed by atoms with Crippen molar-refractivity contribution in [3.8, 4) is 22.3 Å². The van der Waals surface area contributed by atoms with E-state index in [2.05, 4.69) is 61.5 Å². The Hall–Kier alpha value is -2.54. The number of anilines is 1. The zero-order valence-electron chi connectivity index (χ0n) is 11.5. The standard InChI is InChI=1S/C19H17N/c1-14-10-11-18(20)13-19(14)17-9-5-8-16(12-17)15-6-3-2-4-7-15/h2-13H,20H2,1H3. The summed E-state index contributed by atoms with van der Waals surface area (Å²) in [4.78, 5) is 0. The Morgan fingerprint density at radius 2 is 1.35 bits per heavy atom. The van der Waals surface area contributed by atoms with Gasteiger partial charge >= 0.3 is 0 Å². The number of nitrogens with two attached hydrogens (primary N) is 1. The second-order valence-corrected chi connectivity index (χ2v) is 5.02. The van der Waals surface area contributed by atoms with E-state index in [1.165, 1.54) is 27.8 Å². The summed E-state index contributed by atoms with van der Waals surface area (Å²) >= 11 is 0. The summed E-state index contributed by atoms with van der Waals surface area (Å²) < 4.78 is 0. The van der Waals surface area contributed by atoms with E-state index in [1.54, 1.807) is 0 Å². The lowest BCUT2D eigenvalue weighted by molar-refractivity contribution is 1.46. The van der Waals surface area contributed by atoms with Crippen molar-refractivity contribution in [2.45, 2.75) is 6.92 Å².